The van der Waals surface area contributed by atoms with Crippen LogP contribution in [0.1, 0.15) is 30.7 Å². The molecule has 5 nitrogen and oxygen atoms in total. The molecule has 0 aliphatic rings. The second-order valence-electron chi connectivity index (χ2n) is 4.05. The van der Waals surface area contributed by atoms with Crippen molar-refractivity contribution in [2.24, 2.45) is 0 Å². The number of halogens is 4. The van der Waals surface area contributed by atoms with Crippen molar-refractivity contribution in [2.45, 2.75) is 32.7 Å². The molecule has 0 saturated carbocycles. The van der Waals surface area contributed by atoms with Gasteiger partial charge in [0.15, 0.2) is 0 Å². The first-order valence-corrected chi connectivity index (χ1v) is 6.54. The smallest absolute Gasteiger partial charge is 0.283 e. The van der Waals surface area contributed by atoms with Crippen molar-refractivity contribution >= 4 is 34.4 Å². The topological polar surface area (TPSA) is 64.0 Å². The van der Waals surface area contributed by atoms with E-state index < -0.39 is 23.3 Å². The molecule has 0 spiro atoms. The van der Waals surface area contributed by atoms with Crippen LogP contribution in [0.2, 0.25) is 5.02 Å². The molecule has 1 aromatic heterocycles. The van der Waals surface area contributed by atoms with E-state index in [1.54, 1.807) is 0 Å². The molecular formula is C11H13Cl2F2N3O2. The van der Waals surface area contributed by atoms with Crippen LogP contribution in [0.15, 0.2) is 0 Å². The number of nitrogens with zero attached hydrogens (tertiary/aromatic N) is 2. The third-order valence-electron chi connectivity index (χ3n) is 2.53. The van der Waals surface area contributed by atoms with Crippen molar-refractivity contribution in [1.82, 2.24) is 15.1 Å². The molecule has 0 atom stereocenters. The minimum Gasteiger partial charge on any atom is -0.354 e. The van der Waals surface area contributed by atoms with Crippen molar-refractivity contribution in [2.75, 3.05) is 6.54 Å². The first-order valence-electron chi connectivity index (χ1n) is 5.79. The van der Waals surface area contributed by atoms with E-state index in [1.165, 1.54) is 6.92 Å². The van der Waals surface area contributed by atoms with Gasteiger partial charge in [-0.1, -0.05) is 11.6 Å². The average molecular weight is 328 g/mol. The number of rotatable bonds is 7. The van der Waals surface area contributed by atoms with Gasteiger partial charge in [-0.3, -0.25) is 14.3 Å². The number of alkyl halides is 2. The fourth-order valence-corrected chi connectivity index (χ4v) is 1.84. The molecule has 0 bridgehead atoms. The highest BCUT2D eigenvalue weighted by Crippen LogP contribution is 2.28. The number of nitrogens with one attached hydrogen (secondary N) is 1. The SMILES string of the molecule is Cc1c(Cl)c(C(F)F)nn1CC(=O)NCCCC(=O)Cl. The van der Waals surface area contributed by atoms with Crippen molar-refractivity contribution in [3.63, 3.8) is 0 Å². The predicted molar refractivity (Wildman–Crippen MR) is 70.0 cm³/mol. The minimum absolute atomic E-state index is 0.138. The summed E-state index contributed by atoms with van der Waals surface area (Å²) in [5.41, 5.74) is -0.238. The molecule has 0 aromatic carbocycles. The van der Waals surface area contributed by atoms with Crippen molar-refractivity contribution in [1.29, 1.82) is 0 Å². The van der Waals surface area contributed by atoms with E-state index in [9.17, 15) is 18.4 Å². The summed E-state index contributed by atoms with van der Waals surface area (Å²) in [6, 6.07) is 0. The van der Waals surface area contributed by atoms with Crippen LogP contribution < -0.4 is 5.32 Å². The minimum atomic E-state index is -2.79. The molecule has 1 aromatic rings. The van der Waals surface area contributed by atoms with E-state index in [2.05, 4.69) is 10.4 Å². The Hall–Kier alpha value is -1.21. The molecule has 1 N–H and O–H groups in total. The first kappa shape index (κ1) is 16.8. The van der Waals surface area contributed by atoms with Crippen molar-refractivity contribution < 1.29 is 18.4 Å². The monoisotopic (exact) mass is 327 g/mol. The molecule has 1 rings (SSSR count). The summed E-state index contributed by atoms with van der Waals surface area (Å²) in [7, 11) is 0. The Morgan fingerprint density at radius 1 is 1.45 bits per heavy atom. The van der Waals surface area contributed by atoms with Gasteiger partial charge in [0.2, 0.25) is 11.1 Å². The summed E-state index contributed by atoms with van der Waals surface area (Å²) in [5.74, 6) is -0.407. The summed E-state index contributed by atoms with van der Waals surface area (Å²) < 4.78 is 26.3. The van der Waals surface area contributed by atoms with E-state index >= 15 is 0 Å². The molecule has 20 heavy (non-hydrogen) atoms. The highest BCUT2D eigenvalue weighted by atomic mass is 35.5. The molecular weight excluding hydrogens is 315 g/mol. The molecule has 1 heterocycles. The van der Waals surface area contributed by atoms with E-state index in [1.807, 2.05) is 0 Å². The van der Waals surface area contributed by atoms with Crippen LogP contribution in [0.4, 0.5) is 8.78 Å². The van der Waals surface area contributed by atoms with E-state index in [4.69, 9.17) is 23.2 Å². The molecule has 0 aliphatic carbocycles. The van der Waals surface area contributed by atoms with Gasteiger partial charge in [0, 0.05) is 13.0 Å². The van der Waals surface area contributed by atoms with Crippen LogP contribution in [0.3, 0.4) is 0 Å². The van der Waals surface area contributed by atoms with Gasteiger partial charge in [0.25, 0.3) is 6.43 Å². The summed E-state index contributed by atoms with van der Waals surface area (Å²) in [6.07, 6.45) is -2.22. The lowest BCUT2D eigenvalue weighted by atomic mass is 10.3. The standard InChI is InChI=1S/C11H13Cl2F2N3O2/c1-6-9(13)10(11(14)15)17-18(6)5-8(20)16-4-2-3-7(12)19/h11H,2-5H2,1H3,(H,16,20). The molecule has 1 amide bonds. The van der Waals surface area contributed by atoms with Gasteiger partial charge in [-0.05, 0) is 24.9 Å². The van der Waals surface area contributed by atoms with E-state index in [0.717, 1.165) is 4.68 Å². The number of amides is 1. The van der Waals surface area contributed by atoms with Crippen LogP contribution in [-0.2, 0) is 16.1 Å². The zero-order valence-corrected chi connectivity index (χ0v) is 12.1. The van der Waals surface area contributed by atoms with Gasteiger partial charge in [-0.25, -0.2) is 8.78 Å². The number of carbonyl (C=O) groups excluding carboxylic acids is 2. The number of hydrogen-bond donors (Lipinski definition) is 1. The van der Waals surface area contributed by atoms with Crippen molar-refractivity contribution in [3.05, 3.63) is 16.4 Å². The van der Waals surface area contributed by atoms with Crippen LogP contribution >= 0.6 is 23.2 Å². The van der Waals surface area contributed by atoms with Crippen LogP contribution in [0.5, 0.6) is 0 Å². The molecule has 0 aliphatic heterocycles. The molecule has 0 unspecified atom stereocenters. The van der Waals surface area contributed by atoms with E-state index in [0.29, 0.717) is 12.1 Å². The normalized spacial score (nSPS) is 10.9. The maximum Gasteiger partial charge on any atom is 0.283 e. The first-order chi connectivity index (χ1) is 9.32. The average Bonchev–Trinajstić information content (AvgIpc) is 2.63. The van der Waals surface area contributed by atoms with Gasteiger partial charge in [-0.15, -0.1) is 0 Å². The summed E-state index contributed by atoms with van der Waals surface area (Å²) in [4.78, 5) is 22.1. The molecule has 112 valence electrons. The molecule has 0 fully saturated rings. The zero-order chi connectivity index (χ0) is 15.3. The lowest BCUT2D eigenvalue weighted by molar-refractivity contribution is -0.122. The Balaban J connectivity index is 2.54. The van der Waals surface area contributed by atoms with Gasteiger partial charge in [0.1, 0.15) is 12.2 Å². The third-order valence-corrected chi connectivity index (χ3v) is 3.19. The lowest BCUT2D eigenvalue weighted by Gasteiger charge is -2.06. The fraction of sp³-hybridized carbons (Fsp3) is 0.545. The Labute approximate surface area is 124 Å². The number of carbonyl (C=O) groups is 2. The van der Waals surface area contributed by atoms with Gasteiger partial charge in [-0.2, -0.15) is 5.10 Å². The van der Waals surface area contributed by atoms with Crippen LogP contribution in [0, 0.1) is 6.92 Å². The third kappa shape index (κ3) is 4.72. The van der Waals surface area contributed by atoms with Gasteiger partial charge < -0.3 is 5.32 Å². The van der Waals surface area contributed by atoms with Crippen molar-refractivity contribution in [3.8, 4) is 0 Å². The van der Waals surface area contributed by atoms with Gasteiger partial charge in [0.05, 0.1) is 10.7 Å². The Bertz CT molecular complexity index is 506. The van der Waals surface area contributed by atoms with Gasteiger partial charge >= 0.3 is 0 Å². The Morgan fingerprint density at radius 3 is 2.60 bits per heavy atom. The maximum absolute atomic E-state index is 12.6. The maximum atomic E-state index is 12.6. The van der Waals surface area contributed by atoms with Crippen LogP contribution in [0.25, 0.3) is 0 Å². The number of hydrogen-bond acceptors (Lipinski definition) is 3. The van der Waals surface area contributed by atoms with Crippen LogP contribution in [-0.4, -0.2) is 27.5 Å². The molecule has 0 saturated heterocycles. The summed E-state index contributed by atoms with van der Waals surface area (Å²) in [5, 5.41) is 5.52. The highest BCUT2D eigenvalue weighted by Gasteiger charge is 2.21. The quantitative estimate of drug-likeness (QED) is 0.618. The molecule has 0 radical (unpaired) electrons. The lowest BCUT2D eigenvalue weighted by Crippen LogP contribution is -2.29. The Morgan fingerprint density at radius 2 is 2.10 bits per heavy atom. The largest absolute Gasteiger partial charge is 0.354 e. The summed E-state index contributed by atoms with van der Waals surface area (Å²) >= 11 is 10.8. The Kier molecular flexibility index (Phi) is 6.35. The van der Waals surface area contributed by atoms with E-state index in [-0.39, 0.29) is 24.5 Å². The predicted octanol–water partition coefficient (Wildman–Crippen LogP) is 2.44. The zero-order valence-electron chi connectivity index (χ0n) is 10.6. The number of aromatic nitrogens is 2. The fourth-order valence-electron chi connectivity index (χ4n) is 1.49. The highest BCUT2D eigenvalue weighted by molar-refractivity contribution is 6.63. The second kappa shape index (κ2) is 7.54. The summed E-state index contributed by atoms with van der Waals surface area (Å²) in [6.45, 7) is 1.56. The second-order valence-corrected chi connectivity index (χ2v) is 4.85. The molecule has 9 heteroatoms.